The van der Waals surface area contributed by atoms with Crippen molar-refractivity contribution in [3.63, 3.8) is 0 Å². The molecule has 1 fully saturated rings. The maximum absolute atomic E-state index is 12.3. The highest BCUT2D eigenvalue weighted by Crippen LogP contribution is 2.42. The van der Waals surface area contributed by atoms with Crippen LogP contribution in [0.5, 0.6) is 0 Å². The van der Waals surface area contributed by atoms with E-state index in [2.05, 4.69) is 6.92 Å². The zero-order chi connectivity index (χ0) is 11.6. The topological polar surface area (TPSA) is 17.1 Å². The molecule has 16 heavy (non-hydrogen) atoms. The van der Waals surface area contributed by atoms with E-state index in [1.165, 1.54) is 24.2 Å². The van der Waals surface area contributed by atoms with E-state index in [4.69, 9.17) is 11.6 Å². The van der Waals surface area contributed by atoms with E-state index in [1.807, 2.05) is 12.1 Å². The van der Waals surface area contributed by atoms with E-state index in [-0.39, 0.29) is 5.41 Å². The van der Waals surface area contributed by atoms with Gasteiger partial charge in [0.05, 0.1) is 4.34 Å². The number of hydrogen-bond donors (Lipinski definition) is 0. The number of rotatable bonds is 4. The molecule has 0 amide bonds. The molecule has 1 saturated carbocycles. The van der Waals surface area contributed by atoms with Gasteiger partial charge in [-0.1, -0.05) is 31.4 Å². The predicted octanol–water partition coefficient (Wildman–Crippen LogP) is 4.48. The van der Waals surface area contributed by atoms with Gasteiger partial charge >= 0.3 is 0 Å². The second kappa shape index (κ2) is 4.89. The first-order chi connectivity index (χ1) is 7.66. The van der Waals surface area contributed by atoms with Crippen LogP contribution in [0.15, 0.2) is 12.1 Å². The molecular formula is C13H17ClOS. The van der Waals surface area contributed by atoms with Crippen LogP contribution in [0.1, 0.15) is 43.9 Å². The van der Waals surface area contributed by atoms with Gasteiger partial charge in [0.1, 0.15) is 5.78 Å². The van der Waals surface area contributed by atoms with Crippen molar-refractivity contribution in [2.45, 2.75) is 45.4 Å². The van der Waals surface area contributed by atoms with Crippen LogP contribution in [0, 0.1) is 5.41 Å². The lowest BCUT2D eigenvalue weighted by Gasteiger charge is -2.25. The van der Waals surface area contributed by atoms with Crippen molar-refractivity contribution in [3.05, 3.63) is 21.3 Å². The van der Waals surface area contributed by atoms with Gasteiger partial charge in [0.15, 0.2) is 0 Å². The fourth-order valence-corrected chi connectivity index (χ4v) is 3.76. The maximum Gasteiger partial charge on any atom is 0.144 e. The highest BCUT2D eigenvalue weighted by Gasteiger charge is 2.38. The van der Waals surface area contributed by atoms with Gasteiger partial charge in [-0.3, -0.25) is 4.79 Å². The van der Waals surface area contributed by atoms with Crippen molar-refractivity contribution in [1.82, 2.24) is 0 Å². The Morgan fingerprint density at radius 2 is 2.12 bits per heavy atom. The Morgan fingerprint density at radius 3 is 2.62 bits per heavy atom. The molecule has 2 rings (SSSR count). The molecular weight excluding hydrogens is 240 g/mol. The number of ketones is 1. The maximum atomic E-state index is 12.3. The van der Waals surface area contributed by atoms with Gasteiger partial charge in [-0.15, -0.1) is 11.3 Å². The molecule has 0 spiro atoms. The minimum absolute atomic E-state index is 0.0174. The van der Waals surface area contributed by atoms with E-state index < -0.39 is 0 Å². The molecule has 1 aromatic rings. The molecule has 0 atom stereocenters. The van der Waals surface area contributed by atoms with Gasteiger partial charge in [0.25, 0.3) is 0 Å². The number of carbonyl (C=O) groups excluding carboxylic acids is 1. The molecule has 0 bridgehead atoms. The van der Waals surface area contributed by atoms with Gasteiger partial charge < -0.3 is 0 Å². The van der Waals surface area contributed by atoms with Crippen LogP contribution in [0.2, 0.25) is 4.34 Å². The molecule has 0 aromatic carbocycles. The third-order valence-corrected chi connectivity index (χ3v) is 5.02. The molecule has 1 aliphatic carbocycles. The summed E-state index contributed by atoms with van der Waals surface area (Å²) in [5, 5.41) is 0. The van der Waals surface area contributed by atoms with E-state index in [0.717, 1.165) is 28.5 Å². The monoisotopic (exact) mass is 256 g/mol. The van der Waals surface area contributed by atoms with Crippen molar-refractivity contribution in [2.75, 3.05) is 0 Å². The Hall–Kier alpha value is -0.340. The smallest absolute Gasteiger partial charge is 0.144 e. The summed E-state index contributed by atoms with van der Waals surface area (Å²) in [7, 11) is 0. The Morgan fingerprint density at radius 1 is 1.44 bits per heavy atom. The minimum Gasteiger partial charge on any atom is -0.299 e. The summed E-state index contributed by atoms with van der Waals surface area (Å²) < 4.78 is 0.778. The number of thiophene rings is 1. The standard InChI is InChI=1S/C13H17ClOS/c1-2-13(7-3-4-8-13)11(15)9-10-5-6-12(14)16-10/h5-6H,2-4,7-9H2,1H3. The number of hydrogen-bond acceptors (Lipinski definition) is 2. The van der Waals surface area contributed by atoms with E-state index in [1.54, 1.807) is 0 Å². The van der Waals surface area contributed by atoms with Crippen molar-refractivity contribution < 1.29 is 4.79 Å². The van der Waals surface area contributed by atoms with Gasteiger partial charge in [-0.05, 0) is 31.4 Å². The second-order valence-corrected chi connectivity index (χ2v) is 6.45. The van der Waals surface area contributed by atoms with E-state index >= 15 is 0 Å². The molecule has 1 aliphatic rings. The molecule has 0 aliphatic heterocycles. The van der Waals surface area contributed by atoms with Crippen LogP contribution in [0.3, 0.4) is 0 Å². The summed E-state index contributed by atoms with van der Waals surface area (Å²) in [6.07, 6.45) is 6.16. The number of carbonyl (C=O) groups is 1. The van der Waals surface area contributed by atoms with Crippen LogP contribution in [-0.2, 0) is 11.2 Å². The Bertz CT molecular complexity index is 377. The third kappa shape index (κ3) is 2.33. The molecule has 1 aromatic heterocycles. The van der Waals surface area contributed by atoms with Crippen LogP contribution >= 0.6 is 22.9 Å². The zero-order valence-corrected chi connectivity index (χ0v) is 11.2. The molecule has 1 heterocycles. The van der Waals surface area contributed by atoms with Crippen molar-refractivity contribution >= 4 is 28.7 Å². The first kappa shape index (κ1) is 12.1. The van der Waals surface area contributed by atoms with E-state index in [0.29, 0.717) is 12.2 Å². The minimum atomic E-state index is -0.0174. The van der Waals surface area contributed by atoms with Crippen molar-refractivity contribution in [1.29, 1.82) is 0 Å². The summed E-state index contributed by atoms with van der Waals surface area (Å²) in [5.74, 6) is 0.422. The highest BCUT2D eigenvalue weighted by atomic mass is 35.5. The van der Waals surface area contributed by atoms with Gasteiger partial charge in [-0.2, -0.15) is 0 Å². The molecule has 1 nitrogen and oxygen atoms in total. The van der Waals surface area contributed by atoms with Gasteiger partial charge in [0.2, 0.25) is 0 Å². The highest BCUT2D eigenvalue weighted by molar-refractivity contribution is 7.16. The lowest BCUT2D eigenvalue weighted by Crippen LogP contribution is -2.28. The summed E-state index contributed by atoms with van der Waals surface area (Å²) >= 11 is 7.41. The fourth-order valence-electron chi connectivity index (χ4n) is 2.67. The Balaban J connectivity index is 2.07. The molecule has 0 radical (unpaired) electrons. The molecule has 88 valence electrons. The summed E-state index contributed by atoms with van der Waals surface area (Å²) in [4.78, 5) is 13.4. The van der Waals surface area contributed by atoms with Gasteiger partial charge in [-0.25, -0.2) is 0 Å². The second-order valence-electron chi connectivity index (χ2n) is 4.65. The average molecular weight is 257 g/mol. The Kier molecular flexibility index (Phi) is 3.70. The lowest BCUT2D eigenvalue weighted by molar-refractivity contribution is -0.128. The molecule has 3 heteroatoms. The normalized spacial score (nSPS) is 18.9. The largest absolute Gasteiger partial charge is 0.299 e. The van der Waals surface area contributed by atoms with Crippen LogP contribution < -0.4 is 0 Å². The summed E-state index contributed by atoms with van der Waals surface area (Å²) in [6.45, 7) is 2.14. The van der Waals surface area contributed by atoms with Crippen LogP contribution in [0.25, 0.3) is 0 Å². The SMILES string of the molecule is CCC1(C(=O)Cc2ccc(Cl)s2)CCCC1. The molecule has 0 N–H and O–H groups in total. The van der Waals surface area contributed by atoms with E-state index in [9.17, 15) is 4.79 Å². The first-order valence-corrected chi connectivity index (χ1v) is 7.13. The summed E-state index contributed by atoms with van der Waals surface area (Å²) in [5.41, 5.74) is -0.0174. The average Bonchev–Trinajstić information content (AvgIpc) is 2.88. The quantitative estimate of drug-likeness (QED) is 0.776. The first-order valence-electron chi connectivity index (χ1n) is 5.94. The van der Waals surface area contributed by atoms with Crippen molar-refractivity contribution in [3.8, 4) is 0 Å². The molecule has 0 saturated heterocycles. The van der Waals surface area contributed by atoms with Gasteiger partial charge in [0, 0.05) is 16.7 Å². The molecule has 0 unspecified atom stereocenters. The fraction of sp³-hybridized carbons (Fsp3) is 0.615. The third-order valence-electron chi connectivity index (χ3n) is 3.79. The van der Waals surface area contributed by atoms with Crippen molar-refractivity contribution in [2.24, 2.45) is 5.41 Å². The summed E-state index contributed by atoms with van der Waals surface area (Å²) in [6, 6.07) is 3.85. The van der Waals surface area contributed by atoms with Crippen LogP contribution in [0.4, 0.5) is 0 Å². The van der Waals surface area contributed by atoms with Crippen LogP contribution in [-0.4, -0.2) is 5.78 Å². The number of Topliss-reactive ketones (excluding diaryl/α,β-unsaturated/α-hetero) is 1. The lowest BCUT2D eigenvalue weighted by atomic mass is 9.78. The number of halogens is 1. The Labute approximate surface area is 106 Å². The zero-order valence-electron chi connectivity index (χ0n) is 9.59. The predicted molar refractivity (Wildman–Crippen MR) is 69.2 cm³/mol.